The standard InChI is InChI=1S/C4H12N4/c1-4(2-8-6)7-3-5/h8H,2-3,5-6H2,1H3/b7-4+. The zero-order valence-electron chi connectivity index (χ0n) is 5.02. The molecule has 4 nitrogen and oxygen atoms in total. The third kappa shape index (κ3) is 3.73. The lowest BCUT2D eigenvalue weighted by Crippen LogP contribution is -2.28. The number of nitrogens with two attached hydrogens (primary N) is 2. The fraction of sp³-hybridized carbons (Fsp3) is 0.750. The molecule has 0 rings (SSSR count). The average Bonchev–Trinajstić information content (AvgIpc) is 1.68. The fourth-order valence-corrected chi connectivity index (χ4v) is 0.359. The van der Waals surface area contributed by atoms with Crippen molar-refractivity contribution in [2.75, 3.05) is 13.2 Å². The first-order valence-electron chi connectivity index (χ1n) is 2.44. The molecule has 8 heavy (non-hydrogen) atoms. The summed E-state index contributed by atoms with van der Waals surface area (Å²) in [5.41, 5.74) is 8.50. The predicted octanol–water partition coefficient (Wildman–Crippen LogP) is -1.17. The average molecular weight is 116 g/mol. The van der Waals surface area contributed by atoms with E-state index in [0.29, 0.717) is 13.2 Å². The molecule has 0 spiro atoms. The Labute approximate surface area is 48.9 Å². The van der Waals surface area contributed by atoms with E-state index < -0.39 is 0 Å². The highest BCUT2D eigenvalue weighted by molar-refractivity contribution is 5.83. The van der Waals surface area contributed by atoms with Crippen LogP contribution in [0.5, 0.6) is 0 Å². The maximum Gasteiger partial charge on any atom is 0.0859 e. The number of rotatable bonds is 3. The molecule has 0 bridgehead atoms. The van der Waals surface area contributed by atoms with Gasteiger partial charge in [-0.1, -0.05) is 0 Å². The van der Waals surface area contributed by atoms with Gasteiger partial charge in [0, 0.05) is 12.3 Å². The van der Waals surface area contributed by atoms with Crippen LogP contribution in [0.1, 0.15) is 6.92 Å². The molecule has 0 saturated carbocycles. The van der Waals surface area contributed by atoms with Crippen molar-refractivity contribution < 1.29 is 0 Å². The predicted molar refractivity (Wildman–Crippen MR) is 34.4 cm³/mol. The Hall–Kier alpha value is -0.450. The van der Waals surface area contributed by atoms with Gasteiger partial charge in [0.25, 0.3) is 0 Å². The Bertz CT molecular complexity index is 78.1. The Balaban J connectivity index is 3.29. The van der Waals surface area contributed by atoms with Gasteiger partial charge in [-0.25, -0.2) is 0 Å². The minimum absolute atomic E-state index is 0.341. The van der Waals surface area contributed by atoms with Crippen LogP contribution in [-0.2, 0) is 0 Å². The maximum absolute atomic E-state index is 5.10. The van der Waals surface area contributed by atoms with Gasteiger partial charge < -0.3 is 5.73 Å². The summed E-state index contributed by atoms with van der Waals surface area (Å²) in [6.07, 6.45) is 0. The van der Waals surface area contributed by atoms with E-state index in [1.54, 1.807) is 0 Å². The number of hydrogen-bond donors (Lipinski definition) is 3. The molecule has 0 heterocycles. The van der Waals surface area contributed by atoms with Crippen molar-refractivity contribution in [1.82, 2.24) is 5.43 Å². The summed E-state index contributed by atoms with van der Waals surface area (Å²) in [4.78, 5) is 3.87. The van der Waals surface area contributed by atoms with Crippen molar-refractivity contribution in [1.29, 1.82) is 0 Å². The number of hydrogen-bond acceptors (Lipinski definition) is 4. The van der Waals surface area contributed by atoms with E-state index in [-0.39, 0.29) is 0 Å². The Morgan fingerprint density at radius 3 is 2.75 bits per heavy atom. The van der Waals surface area contributed by atoms with Crippen LogP contribution in [0.15, 0.2) is 4.99 Å². The molecule has 5 N–H and O–H groups in total. The molecular weight excluding hydrogens is 104 g/mol. The zero-order chi connectivity index (χ0) is 6.41. The van der Waals surface area contributed by atoms with Gasteiger partial charge in [0.1, 0.15) is 0 Å². The lowest BCUT2D eigenvalue weighted by molar-refractivity contribution is 0.837. The molecule has 0 aromatic rings. The van der Waals surface area contributed by atoms with Crippen LogP contribution in [0.3, 0.4) is 0 Å². The summed E-state index contributed by atoms with van der Waals surface area (Å²) in [5, 5.41) is 0. The molecule has 0 aliphatic heterocycles. The van der Waals surface area contributed by atoms with E-state index in [1.807, 2.05) is 6.92 Å². The second kappa shape index (κ2) is 4.70. The van der Waals surface area contributed by atoms with Crippen LogP contribution in [0.25, 0.3) is 0 Å². The van der Waals surface area contributed by atoms with Crippen molar-refractivity contribution in [3.63, 3.8) is 0 Å². The molecule has 0 amide bonds. The zero-order valence-corrected chi connectivity index (χ0v) is 5.02. The van der Waals surface area contributed by atoms with Crippen LogP contribution in [0, 0.1) is 0 Å². The minimum Gasteiger partial charge on any atom is -0.312 e. The monoisotopic (exact) mass is 116 g/mol. The maximum atomic E-state index is 5.10. The second-order valence-electron chi connectivity index (χ2n) is 1.46. The molecule has 0 fully saturated rings. The largest absolute Gasteiger partial charge is 0.312 e. The normalized spacial score (nSPS) is 12.1. The van der Waals surface area contributed by atoms with Gasteiger partial charge in [0.2, 0.25) is 0 Å². The minimum atomic E-state index is 0.341. The quantitative estimate of drug-likeness (QED) is 0.247. The van der Waals surface area contributed by atoms with Crippen molar-refractivity contribution in [3.05, 3.63) is 0 Å². The van der Waals surface area contributed by atoms with Crippen LogP contribution in [0.4, 0.5) is 0 Å². The van der Waals surface area contributed by atoms with Gasteiger partial charge in [-0.2, -0.15) is 0 Å². The molecule has 0 radical (unpaired) electrons. The number of hydrazine groups is 1. The highest BCUT2D eigenvalue weighted by Gasteiger charge is 1.82. The first kappa shape index (κ1) is 7.55. The second-order valence-corrected chi connectivity index (χ2v) is 1.46. The van der Waals surface area contributed by atoms with Crippen LogP contribution in [0.2, 0.25) is 0 Å². The van der Waals surface area contributed by atoms with Crippen molar-refractivity contribution in [3.8, 4) is 0 Å². The number of nitrogens with one attached hydrogen (secondary N) is 1. The summed E-state index contributed by atoms with van der Waals surface area (Å²) in [6, 6.07) is 0. The van der Waals surface area contributed by atoms with Gasteiger partial charge in [0.05, 0.1) is 6.67 Å². The SMILES string of the molecule is C/C(CNN)=N\CN. The van der Waals surface area contributed by atoms with Crippen molar-refractivity contribution in [2.24, 2.45) is 16.6 Å². The van der Waals surface area contributed by atoms with E-state index in [2.05, 4.69) is 10.4 Å². The first-order valence-corrected chi connectivity index (χ1v) is 2.44. The van der Waals surface area contributed by atoms with Crippen molar-refractivity contribution >= 4 is 5.71 Å². The first-order chi connectivity index (χ1) is 3.81. The van der Waals surface area contributed by atoms with Crippen LogP contribution >= 0.6 is 0 Å². The van der Waals surface area contributed by atoms with Crippen LogP contribution < -0.4 is 17.0 Å². The number of aliphatic imine (C=N–C) groups is 1. The van der Waals surface area contributed by atoms with E-state index in [0.717, 1.165) is 5.71 Å². The Kier molecular flexibility index (Phi) is 4.44. The molecular formula is C4H12N4. The van der Waals surface area contributed by atoms with E-state index in [9.17, 15) is 0 Å². The lowest BCUT2D eigenvalue weighted by Gasteiger charge is -1.94. The smallest absolute Gasteiger partial charge is 0.0859 e. The third-order valence-electron chi connectivity index (χ3n) is 0.719. The molecule has 0 aliphatic carbocycles. The number of nitrogens with zero attached hydrogens (tertiary/aromatic N) is 1. The van der Waals surface area contributed by atoms with E-state index in [4.69, 9.17) is 11.6 Å². The highest BCUT2D eigenvalue weighted by atomic mass is 15.2. The topological polar surface area (TPSA) is 76.4 Å². The molecule has 0 saturated heterocycles. The Morgan fingerprint density at radius 1 is 1.75 bits per heavy atom. The fourth-order valence-electron chi connectivity index (χ4n) is 0.359. The summed E-state index contributed by atoms with van der Waals surface area (Å²) < 4.78 is 0. The lowest BCUT2D eigenvalue weighted by atomic mass is 10.4. The molecule has 4 heteroatoms. The van der Waals surface area contributed by atoms with E-state index >= 15 is 0 Å². The summed E-state index contributed by atoms with van der Waals surface area (Å²) >= 11 is 0. The van der Waals surface area contributed by atoms with Gasteiger partial charge in [0.15, 0.2) is 0 Å². The molecule has 0 aromatic heterocycles. The highest BCUT2D eigenvalue weighted by Crippen LogP contribution is 1.69. The molecule has 48 valence electrons. The van der Waals surface area contributed by atoms with Gasteiger partial charge >= 0.3 is 0 Å². The van der Waals surface area contributed by atoms with E-state index in [1.165, 1.54) is 0 Å². The molecule has 0 aromatic carbocycles. The Morgan fingerprint density at radius 2 is 2.38 bits per heavy atom. The summed E-state index contributed by atoms with van der Waals surface area (Å²) in [5.74, 6) is 4.99. The van der Waals surface area contributed by atoms with Crippen molar-refractivity contribution in [2.45, 2.75) is 6.92 Å². The van der Waals surface area contributed by atoms with Gasteiger partial charge in [-0.3, -0.25) is 16.3 Å². The molecule has 0 aliphatic rings. The molecule has 0 unspecified atom stereocenters. The molecule has 0 atom stereocenters. The third-order valence-corrected chi connectivity index (χ3v) is 0.719. The summed E-state index contributed by atoms with van der Waals surface area (Å²) in [6.45, 7) is 2.82. The van der Waals surface area contributed by atoms with Gasteiger partial charge in [-0.05, 0) is 6.92 Å². The van der Waals surface area contributed by atoms with Crippen LogP contribution in [-0.4, -0.2) is 18.9 Å². The summed E-state index contributed by atoms with van der Waals surface area (Å²) in [7, 11) is 0. The van der Waals surface area contributed by atoms with Gasteiger partial charge in [-0.15, -0.1) is 0 Å².